The highest BCUT2D eigenvalue weighted by atomic mass is 19.1. The van der Waals surface area contributed by atoms with Gasteiger partial charge in [0.1, 0.15) is 5.82 Å². The Kier molecular flexibility index (Phi) is 4.41. The lowest BCUT2D eigenvalue weighted by Crippen LogP contribution is -2.05. The predicted octanol–water partition coefficient (Wildman–Crippen LogP) is 2.54. The molecule has 0 aliphatic rings. The number of nitrogens with zero attached hydrogens (tertiary/aromatic N) is 2. The summed E-state index contributed by atoms with van der Waals surface area (Å²) in [6.07, 6.45) is 3.15. The number of carbonyl (C=O) groups excluding carboxylic acids is 1. The van der Waals surface area contributed by atoms with Gasteiger partial charge in [-0.1, -0.05) is 0 Å². The number of rotatable bonds is 6. The van der Waals surface area contributed by atoms with Crippen LogP contribution in [0.1, 0.15) is 16.8 Å². The van der Waals surface area contributed by atoms with Crippen LogP contribution in [0.4, 0.5) is 4.39 Å². The van der Waals surface area contributed by atoms with Crippen molar-refractivity contribution in [2.24, 2.45) is 0 Å². The van der Waals surface area contributed by atoms with Crippen molar-refractivity contribution in [3.8, 4) is 11.3 Å². The first kappa shape index (κ1) is 13.4. The maximum absolute atomic E-state index is 13.1. The maximum atomic E-state index is 13.1. The zero-order chi connectivity index (χ0) is 13.7. The third-order valence-corrected chi connectivity index (χ3v) is 2.85. The highest BCUT2D eigenvalue weighted by Gasteiger charge is 2.10. The summed E-state index contributed by atoms with van der Waals surface area (Å²) in [7, 11) is 1.65. The normalized spacial score (nSPS) is 10.6. The van der Waals surface area contributed by atoms with Crippen molar-refractivity contribution >= 4 is 6.29 Å². The Balaban J connectivity index is 2.31. The van der Waals surface area contributed by atoms with Crippen molar-refractivity contribution in [3.63, 3.8) is 0 Å². The molecule has 1 heterocycles. The molecule has 0 N–H and O–H groups in total. The molecule has 0 saturated carbocycles. The van der Waals surface area contributed by atoms with Crippen molar-refractivity contribution in [1.29, 1.82) is 0 Å². The van der Waals surface area contributed by atoms with E-state index >= 15 is 0 Å². The summed E-state index contributed by atoms with van der Waals surface area (Å²) in [4.78, 5) is 11.0. The van der Waals surface area contributed by atoms with Gasteiger partial charge < -0.3 is 4.74 Å². The molecule has 4 nitrogen and oxygen atoms in total. The van der Waals surface area contributed by atoms with Gasteiger partial charge in [0.15, 0.2) is 6.29 Å². The molecule has 0 amide bonds. The van der Waals surface area contributed by atoms with Crippen LogP contribution in [0, 0.1) is 5.82 Å². The van der Waals surface area contributed by atoms with Gasteiger partial charge in [-0.3, -0.25) is 9.48 Å². The standard InChI is InChI=1S/C14H15FN2O2/c1-19-8-2-7-17-14(5-6-16-17)13-4-3-12(15)9-11(13)10-18/h3-6,9-10H,2,7-8H2,1H3. The first-order valence-corrected chi connectivity index (χ1v) is 6.02. The molecule has 1 aromatic carbocycles. The van der Waals surface area contributed by atoms with E-state index in [4.69, 9.17) is 4.74 Å². The van der Waals surface area contributed by atoms with Gasteiger partial charge >= 0.3 is 0 Å². The molecule has 0 aliphatic carbocycles. The zero-order valence-electron chi connectivity index (χ0n) is 10.7. The second-order valence-electron chi connectivity index (χ2n) is 4.14. The SMILES string of the molecule is COCCCn1nccc1-c1ccc(F)cc1C=O. The Hall–Kier alpha value is -2.01. The fourth-order valence-corrected chi connectivity index (χ4v) is 1.96. The van der Waals surface area contributed by atoms with Crippen LogP contribution < -0.4 is 0 Å². The molecule has 0 bridgehead atoms. The summed E-state index contributed by atoms with van der Waals surface area (Å²) in [5, 5.41) is 4.21. The van der Waals surface area contributed by atoms with Gasteiger partial charge in [0, 0.05) is 37.6 Å². The lowest BCUT2D eigenvalue weighted by atomic mass is 10.1. The third kappa shape index (κ3) is 3.06. The van der Waals surface area contributed by atoms with Crippen molar-refractivity contribution in [3.05, 3.63) is 41.8 Å². The fraction of sp³-hybridized carbons (Fsp3) is 0.286. The topological polar surface area (TPSA) is 44.1 Å². The molecule has 100 valence electrons. The highest BCUT2D eigenvalue weighted by molar-refractivity contribution is 5.86. The smallest absolute Gasteiger partial charge is 0.150 e. The summed E-state index contributed by atoms with van der Waals surface area (Å²) in [6, 6.07) is 5.99. The Bertz CT molecular complexity index is 566. The molecule has 0 atom stereocenters. The van der Waals surface area contributed by atoms with Gasteiger partial charge in [-0.05, 0) is 30.7 Å². The Labute approximate surface area is 110 Å². The zero-order valence-corrected chi connectivity index (χ0v) is 10.7. The molecule has 5 heteroatoms. The fourth-order valence-electron chi connectivity index (χ4n) is 1.96. The number of methoxy groups -OCH3 is 1. The van der Waals surface area contributed by atoms with E-state index in [0.717, 1.165) is 12.1 Å². The first-order chi connectivity index (χ1) is 9.26. The number of carbonyl (C=O) groups is 1. The van der Waals surface area contributed by atoms with E-state index in [1.54, 1.807) is 24.1 Å². The Morgan fingerprint density at radius 2 is 2.26 bits per heavy atom. The molecule has 0 saturated heterocycles. The van der Waals surface area contributed by atoms with E-state index in [9.17, 15) is 9.18 Å². The van der Waals surface area contributed by atoms with Crippen LogP contribution >= 0.6 is 0 Å². The number of ether oxygens (including phenoxy) is 1. The summed E-state index contributed by atoms with van der Waals surface area (Å²) in [5.41, 5.74) is 1.82. The first-order valence-electron chi connectivity index (χ1n) is 6.02. The van der Waals surface area contributed by atoms with Gasteiger partial charge in [0.2, 0.25) is 0 Å². The maximum Gasteiger partial charge on any atom is 0.150 e. The molecule has 2 rings (SSSR count). The summed E-state index contributed by atoms with van der Waals surface area (Å²) in [5.74, 6) is -0.420. The second-order valence-corrected chi connectivity index (χ2v) is 4.14. The number of hydrogen-bond acceptors (Lipinski definition) is 3. The lowest BCUT2D eigenvalue weighted by molar-refractivity contribution is 0.112. The molecule has 0 aliphatic heterocycles. The highest BCUT2D eigenvalue weighted by Crippen LogP contribution is 2.23. The Morgan fingerprint density at radius 3 is 3.00 bits per heavy atom. The minimum Gasteiger partial charge on any atom is -0.385 e. The number of halogens is 1. The molecule has 0 spiro atoms. The number of aldehydes is 1. The molecule has 0 unspecified atom stereocenters. The van der Waals surface area contributed by atoms with E-state index in [1.165, 1.54) is 12.1 Å². The van der Waals surface area contributed by atoms with E-state index in [0.29, 0.717) is 30.6 Å². The Morgan fingerprint density at radius 1 is 1.42 bits per heavy atom. The molecular formula is C14H15FN2O2. The molecule has 2 aromatic rings. The van der Waals surface area contributed by atoms with Crippen molar-refractivity contribution in [1.82, 2.24) is 9.78 Å². The van der Waals surface area contributed by atoms with Crippen LogP contribution in [-0.4, -0.2) is 29.8 Å². The number of hydrogen-bond donors (Lipinski definition) is 0. The second kappa shape index (κ2) is 6.24. The number of aryl methyl sites for hydroxylation is 1. The summed E-state index contributed by atoms with van der Waals surface area (Å²) >= 11 is 0. The summed E-state index contributed by atoms with van der Waals surface area (Å²) in [6.45, 7) is 1.33. The largest absolute Gasteiger partial charge is 0.385 e. The van der Waals surface area contributed by atoms with Crippen molar-refractivity contribution < 1.29 is 13.9 Å². The van der Waals surface area contributed by atoms with Crippen LogP contribution in [0.15, 0.2) is 30.5 Å². The third-order valence-electron chi connectivity index (χ3n) is 2.85. The number of aromatic nitrogens is 2. The molecule has 1 aromatic heterocycles. The van der Waals surface area contributed by atoms with Gasteiger partial charge in [0.25, 0.3) is 0 Å². The minimum atomic E-state index is -0.420. The lowest BCUT2D eigenvalue weighted by Gasteiger charge is -2.09. The van der Waals surface area contributed by atoms with E-state index in [2.05, 4.69) is 5.10 Å². The average molecular weight is 262 g/mol. The van der Waals surface area contributed by atoms with Gasteiger partial charge in [-0.2, -0.15) is 5.10 Å². The average Bonchev–Trinajstić information content (AvgIpc) is 2.87. The predicted molar refractivity (Wildman–Crippen MR) is 69.5 cm³/mol. The van der Waals surface area contributed by atoms with Crippen molar-refractivity contribution in [2.45, 2.75) is 13.0 Å². The van der Waals surface area contributed by atoms with E-state index in [1.807, 2.05) is 6.07 Å². The van der Waals surface area contributed by atoms with Crippen LogP contribution in [-0.2, 0) is 11.3 Å². The van der Waals surface area contributed by atoms with Gasteiger partial charge in [0.05, 0.1) is 5.69 Å². The molecule has 0 fully saturated rings. The van der Waals surface area contributed by atoms with Crippen LogP contribution in [0.5, 0.6) is 0 Å². The molecular weight excluding hydrogens is 247 g/mol. The van der Waals surface area contributed by atoms with E-state index < -0.39 is 5.82 Å². The number of benzene rings is 1. The van der Waals surface area contributed by atoms with Crippen molar-refractivity contribution in [2.75, 3.05) is 13.7 Å². The van der Waals surface area contributed by atoms with Crippen LogP contribution in [0.3, 0.4) is 0 Å². The minimum absolute atomic E-state index is 0.327. The van der Waals surface area contributed by atoms with Gasteiger partial charge in [-0.25, -0.2) is 4.39 Å². The monoisotopic (exact) mass is 262 g/mol. The molecule has 19 heavy (non-hydrogen) atoms. The summed E-state index contributed by atoms with van der Waals surface area (Å²) < 4.78 is 19.9. The van der Waals surface area contributed by atoms with Crippen LogP contribution in [0.25, 0.3) is 11.3 Å². The van der Waals surface area contributed by atoms with E-state index in [-0.39, 0.29) is 0 Å². The quantitative estimate of drug-likeness (QED) is 0.593. The van der Waals surface area contributed by atoms with Gasteiger partial charge in [-0.15, -0.1) is 0 Å². The van der Waals surface area contributed by atoms with Crippen LogP contribution in [0.2, 0.25) is 0 Å². The molecule has 0 radical (unpaired) electrons.